The molecule has 13 heteroatoms. The monoisotopic (exact) mass is 519 g/mol. The van der Waals surface area contributed by atoms with Gasteiger partial charge in [-0.3, -0.25) is 9.48 Å². The molecule has 0 spiro atoms. The largest absolute Gasteiger partial charge is 0.481 e. The van der Waals surface area contributed by atoms with Gasteiger partial charge in [0.05, 0.1) is 41.6 Å². The third kappa shape index (κ3) is 6.98. The third-order valence-corrected chi connectivity index (χ3v) is 6.16. The predicted octanol–water partition coefficient (Wildman–Crippen LogP) is 3.68. The molecule has 4 heterocycles. The molecule has 0 aromatic carbocycles. The summed E-state index contributed by atoms with van der Waals surface area (Å²) in [7, 11) is 1.81. The first-order chi connectivity index (χ1) is 17.6. The molecule has 1 aliphatic heterocycles. The molecule has 0 radical (unpaired) electrons. The summed E-state index contributed by atoms with van der Waals surface area (Å²) in [6.45, 7) is 3.48. The summed E-state index contributed by atoms with van der Waals surface area (Å²) in [5, 5.41) is 15.6. The summed E-state index contributed by atoms with van der Waals surface area (Å²) in [5.74, 6) is -1.81. The topological polar surface area (TPSA) is 132 Å². The van der Waals surface area contributed by atoms with Crippen LogP contribution in [0.3, 0.4) is 0 Å². The second-order valence-corrected chi connectivity index (χ2v) is 9.31. The minimum Gasteiger partial charge on any atom is -0.481 e. The number of aryl methyl sites for hydroxylation is 2. The van der Waals surface area contributed by atoms with Crippen molar-refractivity contribution in [2.75, 3.05) is 18.0 Å². The predicted molar refractivity (Wildman–Crippen MR) is 128 cm³/mol. The number of anilines is 1. The molecule has 200 valence electrons. The number of hydrogen-bond acceptors (Lipinski definition) is 9. The third-order valence-electron chi connectivity index (χ3n) is 6.16. The Hall–Kier alpha value is -3.64. The van der Waals surface area contributed by atoms with Gasteiger partial charge in [0.25, 0.3) is 11.9 Å². The van der Waals surface area contributed by atoms with Gasteiger partial charge in [0.2, 0.25) is 5.89 Å². The molecule has 0 unspecified atom stereocenters. The number of carboxylic acid groups (broad SMARTS) is 1. The molecule has 2 fully saturated rings. The number of carboxylic acids is 1. The Kier molecular flexibility index (Phi) is 7.98. The Morgan fingerprint density at radius 3 is 2.73 bits per heavy atom. The van der Waals surface area contributed by atoms with Gasteiger partial charge in [-0.1, -0.05) is 6.92 Å². The number of aliphatic carboxylic acids is 1. The van der Waals surface area contributed by atoms with Crippen LogP contribution < -0.4 is 9.64 Å². The normalized spacial score (nSPS) is 16.7. The first kappa shape index (κ1) is 26.4. The summed E-state index contributed by atoms with van der Waals surface area (Å²) in [6.07, 6.45) is 7.49. The molecule has 0 amide bonds. The van der Waals surface area contributed by atoms with Crippen LogP contribution >= 0.6 is 0 Å². The van der Waals surface area contributed by atoms with Crippen molar-refractivity contribution < 1.29 is 27.9 Å². The number of alkyl halides is 2. The van der Waals surface area contributed by atoms with Crippen molar-refractivity contribution in [2.45, 2.75) is 64.9 Å². The average molecular weight is 520 g/mol. The molecule has 11 nitrogen and oxygen atoms in total. The lowest BCUT2D eigenvalue weighted by Crippen LogP contribution is -2.43. The lowest BCUT2D eigenvalue weighted by molar-refractivity contribution is -0.134. The van der Waals surface area contributed by atoms with Crippen molar-refractivity contribution in [3.05, 3.63) is 29.7 Å². The van der Waals surface area contributed by atoms with E-state index in [1.807, 2.05) is 14.0 Å². The zero-order chi connectivity index (χ0) is 26.6. The summed E-state index contributed by atoms with van der Waals surface area (Å²) in [5.41, 5.74) is 2.86. The number of rotatable bonds is 8. The fraction of sp³-hybridized carbons (Fsp3) is 0.583. The van der Waals surface area contributed by atoms with Crippen molar-refractivity contribution in [3.63, 3.8) is 0 Å². The Morgan fingerprint density at radius 1 is 1.30 bits per heavy atom. The number of piperidine rings is 1. The maximum Gasteiger partial charge on any atom is 0.354 e. The second kappa shape index (κ2) is 11.2. The highest BCUT2D eigenvalue weighted by molar-refractivity contribution is 5.63. The summed E-state index contributed by atoms with van der Waals surface area (Å²) in [4.78, 5) is 24.2. The average Bonchev–Trinajstić information content (AvgIpc) is 3.42. The maximum absolute atomic E-state index is 13.9. The van der Waals surface area contributed by atoms with Crippen molar-refractivity contribution in [3.8, 4) is 17.4 Å². The van der Waals surface area contributed by atoms with E-state index in [1.165, 1.54) is 12.8 Å². The second-order valence-electron chi connectivity index (χ2n) is 9.31. The Morgan fingerprint density at radius 2 is 2.05 bits per heavy atom. The Bertz CT molecular complexity index is 1220. The first-order valence-electron chi connectivity index (χ1n) is 12.3. The maximum atomic E-state index is 13.9. The Balaban J connectivity index is 0.000000747. The molecule has 2 aliphatic rings. The van der Waals surface area contributed by atoms with E-state index >= 15 is 0 Å². The number of halogens is 2. The van der Waals surface area contributed by atoms with E-state index in [0.717, 1.165) is 24.7 Å². The van der Waals surface area contributed by atoms with E-state index in [0.29, 0.717) is 48.3 Å². The highest BCUT2D eigenvalue weighted by atomic mass is 19.3. The summed E-state index contributed by atoms with van der Waals surface area (Å²) >= 11 is 0. The standard InChI is InChI=1S/C22H27F2N7O2.C2H4O2/c1-3-16-17(31-8-4-7-22(23,24)13-31)11-25-20(27-16)15-10-26-30(2)18(15)12-32-21-28-19(33-29-21)9-14-5-6-14;1-2(3)4/h10-11,14H,3-9,12-13H2,1-2H3;1H3,(H,3,4). The van der Waals surface area contributed by atoms with Crippen LogP contribution in [-0.2, 0) is 31.3 Å². The van der Waals surface area contributed by atoms with Gasteiger partial charge in [-0.25, -0.2) is 18.7 Å². The SMILES string of the molecule is CC(=O)O.CCc1nc(-c2cnn(C)c2COc2noc(CC3CC3)n2)ncc1N1CCCC(F)(F)C1. The van der Waals surface area contributed by atoms with Crippen LogP contribution in [0.1, 0.15) is 56.8 Å². The fourth-order valence-electron chi connectivity index (χ4n) is 4.14. The van der Waals surface area contributed by atoms with Crippen molar-refractivity contribution in [1.29, 1.82) is 0 Å². The van der Waals surface area contributed by atoms with Gasteiger partial charge in [-0.2, -0.15) is 10.1 Å². The fourth-order valence-corrected chi connectivity index (χ4v) is 4.14. The molecule has 0 atom stereocenters. The van der Waals surface area contributed by atoms with Gasteiger partial charge < -0.3 is 19.3 Å². The first-order valence-corrected chi connectivity index (χ1v) is 12.3. The highest BCUT2D eigenvalue weighted by Crippen LogP contribution is 2.33. The van der Waals surface area contributed by atoms with Crippen molar-refractivity contribution in [1.82, 2.24) is 29.9 Å². The van der Waals surface area contributed by atoms with E-state index < -0.39 is 11.9 Å². The van der Waals surface area contributed by atoms with Crippen molar-refractivity contribution >= 4 is 11.7 Å². The smallest absolute Gasteiger partial charge is 0.354 e. The molecule has 1 saturated carbocycles. The van der Waals surface area contributed by atoms with Crippen molar-refractivity contribution in [2.24, 2.45) is 13.0 Å². The number of hydrogen-bond donors (Lipinski definition) is 1. The lowest BCUT2D eigenvalue weighted by atomic mass is 10.1. The van der Waals surface area contributed by atoms with Crippen LogP contribution in [0.4, 0.5) is 14.5 Å². The van der Waals surface area contributed by atoms with Gasteiger partial charge >= 0.3 is 6.01 Å². The zero-order valence-electron chi connectivity index (χ0n) is 21.2. The molecular formula is C24H31F2N7O4. The molecule has 1 saturated heterocycles. The number of aromatic nitrogens is 6. The van der Waals surface area contributed by atoms with Crippen LogP contribution in [0.15, 0.2) is 16.9 Å². The molecule has 3 aromatic heterocycles. The summed E-state index contributed by atoms with van der Waals surface area (Å²) in [6, 6.07) is 0.189. The minimum atomic E-state index is -2.69. The highest BCUT2D eigenvalue weighted by Gasteiger charge is 2.36. The number of ether oxygens (including phenoxy) is 1. The quantitative estimate of drug-likeness (QED) is 0.470. The molecule has 0 bridgehead atoms. The van der Waals surface area contributed by atoms with Gasteiger partial charge in [0.1, 0.15) is 6.61 Å². The van der Waals surface area contributed by atoms with E-state index in [-0.39, 0.29) is 25.6 Å². The van der Waals surface area contributed by atoms with Gasteiger partial charge in [-0.15, -0.1) is 0 Å². The van der Waals surface area contributed by atoms with Crippen LogP contribution in [-0.4, -0.2) is 60.0 Å². The van der Waals surface area contributed by atoms with Crippen LogP contribution in [0.5, 0.6) is 6.01 Å². The zero-order valence-corrected chi connectivity index (χ0v) is 21.2. The molecular weight excluding hydrogens is 488 g/mol. The molecule has 3 aromatic rings. The van der Waals surface area contributed by atoms with Crippen LogP contribution in [0.2, 0.25) is 0 Å². The van der Waals surface area contributed by atoms with E-state index in [1.54, 1.807) is 22.0 Å². The summed E-state index contributed by atoms with van der Waals surface area (Å²) < 4.78 is 40.6. The minimum absolute atomic E-state index is 0.0780. The van der Waals surface area contributed by atoms with Gasteiger partial charge in [0, 0.05) is 33.4 Å². The van der Waals surface area contributed by atoms with E-state index in [4.69, 9.17) is 24.1 Å². The lowest BCUT2D eigenvalue weighted by Gasteiger charge is -2.34. The van der Waals surface area contributed by atoms with Crippen LogP contribution in [0.25, 0.3) is 11.4 Å². The molecule has 1 aliphatic carbocycles. The van der Waals surface area contributed by atoms with Gasteiger partial charge in [0.15, 0.2) is 5.82 Å². The van der Waals surface area contributed by atoms with Gasteiger partial charge in [-0.05, 0) is 36.8 Å². The Labute approximate surface area is 212 Å². The number of nitrogens with zero attached hydrogens (tertiary/aromatic N) is 7. The van der Waals surface area contributed by atoms with Crippen LogP contribution in [0, 0.1) is 5.92 Å². The van der Waals surface area contributed by atoms with E-state index in [2.05, 4.69) is 20.2 Å². The molecule has 1 N–H and O–H groups in total. The molecule has 5 rings (SSSR count). The molecule has 37 heavy (non-hydrogen) atoms. The number of carbonyl (C=O) groups is 1. The van der Waals surface area contributed by atoms with E-state index in [9.17, 15) is 8.78 Å².